The number of rotatable bonds is 2. The third-order valence-corrected chi connectivity index (χ3v) is 4.78. The molecule has 0 aromatic heterocycles. The molecule has 0 amide bonds. The van der Waals surface area contributed by atoms with Crippen molar-refractivity contribution in [2.45, 2.75) is 11.8 Å². The van der Waals surface area contributed by atoms with Crippen LogP contribution in [-0.2, 0) is 11.8 Å². The van der Waals surface area contributed by atoms with E-state index < -0.39 is 22.4 Å². The minimum Gasteiger partial charge on any atom is -0.370 e. The van der Waals surface area contributed by atoms with E-state index in [1.54, 1.807) is 18.2 Å². The number of hydrogen-bond acceptors (Lipinski definition) is 4. The normalized spacial score (nSPS) is 20.0. The van der Waals surface area contributed by atoms with Crippen LogP contribution in [0.5, 0.6) is 0 Å². The number of benzene rings is 2. The zero-order valence-corrected chi connectivity index (χ0v) is 15.7. The van der Waals surface area contributed by atoms with Gasteiger partial charge in [0, 0.05) is 21.3 Å². The Morgan fingerprint density at radius 3 is 2.33 bits per heavy atom. The lowest BCUT2D eigenvalue weighted by Gasteiger charge is -2.30. The predicted molar refractivity (Wildman–Crippen MR) is 102 cm³/mol. The lowest BCUT2D eigenvalue weighted by molar-refractivity contribution is -0.137. The molecule has 3 rings (SSSR count). The van der Waals surface area contributed by atoms with Crippen molar-refractivity contribution in [3.05, 3.63) is 74.2 Å². The fourth-order valence-corrected chi connectivity index (χ4v) is 3.26. The molecular weight excluding hydrogens is 424 g/mol. The highest BCUT2D eigenvalue weighted by atomic mass is 35.5. The van der Waals surface area contributed by atoms with Gasteiger partial charge in [-0.05, 0) is 42.0 Å². The van der Waals surface area contributed by atoms with Gasteiger partial charge in [-0.15, -0.1) is 0 Å². The Morgan fingerprint density at radius 1 is 1.00 bits per heavy atom. The van der Waals surface area contributed by atoms with Crippen molar-refractivity contribution in [2.75, 3.05) is 0 Å². The number of guanidine groups is 1. The third-order valence-electron chi connectivity index (χ3n) is 3.89. The van der Waals surface area contributed by atoms with Crippen LogP contribution in [0.2, 0.25) is 15.1 Å². The van der Waals surface area contributed by atoms with Crippen LogP contribution < -0.4 is 16.8 Å². The number of hydrogen-bond donors (Lipinski definition) is 3. The Bertz CT molecular complexity index is 972. The summed E-state index contributed by atoms with van der Waals surface area (Å²) >= 11 is 17.9. The monoisotopic (exact) mass is 434 g/mol. The third kappa shape index (κ3) is 4.01. The van der Waals surface area contributed by atoms with Crippen LogP contribution in [0.4, 0.5) is 13.2 Å². The van der Waals surface area contributed by atoms with Crippen molar-refractivity contribution >= 4 is 46.5 Å². The molecule has 0 radical (unpaired) electrons. The van der Waals surface area contributed by atoms with Crippen molar-refractivity contribution in [2.24, 2.45) is 16.5 Å². The number of halogens is 6. The van der Waals surface area contributed by atoms with Crippen LogP contribution >= 0.6 is 34.8 Å². The molecule has 2 aromatic rings. The summed E-state index contributed by atoms with van der Waals surface area (Å²) in [7, 11) is 0. The van der Waals surface area contributed by atoms with E-state index in [1.165, 1.54) is 12.1 Å². The van der Waals surface area contributed by atoms with Crippen LogP contribution in [0.15, 0.2) is 47.5 Å². The highest BCUT2D eigenvalue weighted by Gasteiger charge is 2.37. The molecule has 0 aliphatic carbocycles. The van der Waals surface area contributed by atoms with Crippen molar-refractivity contribution in [3.8, 4) is 0 Å². The van der Waals surface area contributed by atoms with Gasteiger partial charge in [0.05, 0.1) is 10.6 Å². The van der Waals surface area contributed by atoms with E-state index in [1.807, 2.05) is 0 Å². The summed E-state index contributed by atoms with van der Waals surface area (Å²) in [6, 6.07) is 8.06. The van der Waals surface area contributed by atoms with Crippen molar-refractivity contribution in [3.63, 3.8) is 0 Å². The lowest BCUT2D eigenvalue weighted by Crippen LogP contribution is -2.44. The largest absolute Gasteiger partial charge is 0.417 e. The number of nitrogens with zero attached hydrogens (tertiary/aromatic N) is 1. The van der Waals surface area contributed by atoms with E-state index in [9.17, 15) is 13.2 Å². The van der Waals surface area contributed by atoms with Crippen LogP contribution in [-0.4, -0.2) is 5.96 Å². The lowest BCUT2D eigenvalue weighted by atomic mass is 9.95. The zero-order chi connectivity index (χ0) is 20.0. The van der Waals surface area contributed by atoms with E-state index in [-0.39, 0.29) is 11.5 Å². The molecule has 0 fully saturated rings. The predicted octanol–water partition coefficient (Wildman–Crippen LogP) is 4.74. The Labute approximate surface area is 167 Å². The van der Waals surface area contributed by atoms with Crippen molar-refractivity contribution in [1.82, 2.24) is 5.32 Å². The van der Waals surface area contributed by atoms with Crippen molar-refractivity contribution < 1.29 is 13.2 Å². The minimum absolute atomic E-state index is 0.0549. The molecule has 0 bridgehead atoms. The summed E-state index contributed by atoms with van der Waals surface area (Å²) in [5.74, 6) is -0.0884. The van der Waals surface area contributed by atoms with Gasteiger partial charge in [-0.2, -0.15) is 13.2 Å². The molecule has 2 aromatic carbocycles. The van der Waals surface area contributed by atoms with Gasteiger partial charge in [0.1, 0.15) is 0 Å². The van der Waals surface area contributed by atoms with Gasteiger partial charge >= 0.3 is 6.18 Å². The molecule has 10 heteroatoms. The highest BCUT2D eigenvalue weighted by Crippen LogP contribution is 2.38. The quantitative estimate of drug-likeness (QED) is 0.638. The maximum atomic E-state index is 13.2. The number of nitrogens with one attached hydrogen (secondary N) is 1. The Hall–Kier alpha value is -1.93. The molecule has 5 N–H and O–H groups in total. The fraction of sp³-hybridized carbons (Fsp3) is 0.118. The minimum atomic E-state index is -4.64. The number of nitrogens with two attached hydrogens (primary N) is 2. The molecule has 0 spiro atoms. The molecule has 0 saturated carbocycles. The Kier molecular flexibility index (Phi) is 5.07. The summed E-state index contributed by atoms with van der Waals surface area (Å²) in [4.78, 5) is 4.06. The second kappa shape index (κ2) is 6.91. The number of aliphatic imine (C=N–C) groups is 1. The summed E-state index contributed by atoms with van der Waals surface area (Å²) in [6.45, 7) is 0. The molecule has 1 atom stereocenters. The van der Waals surface area contributed by atoms with E-state index in [0.29, 0.717) is 21.3 Å². The van der Waals surface area contributed by atoms with Crippen molar-refractivity contribution in [1.29, 1.82) is 0 Å². The average Bonchev–Trinajstić information content (AvgIpc) is 2.55. The molecule has 1 unspecified atom stereocenters. The first-order valence-corrected chi connectivity index (χ1v) is 8.60. The van der Waals surface area contributed by atoms with Gasteiger partial charge in [-0.3, -0.25) is 5.73 Å². The maximum Gasteiger partial charge on any atom is 0.417 e. The molecule has 1 aliphatic heterocycles. The molecule has 4 nitrogen and oxygen atoms in total. The summed E-state index contributed by atoms with van der Waals surface area (Å²) in [5, 5.41) is 3.12. The van der Waals surface area contributed by atoms with Gasteiger partial charge in [0.2, 0.25) is 0 Å². The highest BCUT2D eigenvalue weighted by molar-refractivity contribution is 6.34. The van der Waals surface area contributed by atoms with Crippen LogP contribution in [0.25, 0.3) is 5.70 Å². The van der Waals surface area contributed by atoms with E-state index in [2.05, 4.69) is 10.3 Å². The maximum absolute atomic E-state index is 13.2. The van der Waals surface area contributed by atoms with Gasteiger partial charge < -0.3 is 11.1 Å². The second-order valence-electron chi connectivity index (χ2n) is 5.82. The van der Waals surface area contributed by atoms with Gasteiger partial charge in [-0.25, -0.2) is 4.99 Å². The summed E-state index contributed by atoms with van der Waals surface area (Å²) in [6.07, 6.45) is -3.22. The number of alkyl halides is 3. The molecule has 0 saturated heterocycles. The zero-order valence-electron chi connectivity index (χ0n) is 13.4. The molecule has 27 heavy (non-hydrogen) atoms. The van der Waals surface area contributed by atoms with Gasteiger partial charge in [0.15, 0.2) is 11.6 Å². The first-order chi connectivity index (χ1) is 12.5. The van der Waals surface area contributed by atoms with E-state index >= 15 is 0 Å². The summed E-state index contributed by atoms with van der Waals surface area (Å²) in [5.41, 5.74) is 10.3. The molecular formula is C17H12Cl3F3N4. The van der Waals surface area contributed by atoms with E-state index in [0.717, 1.165) is 12.1 Å². The standard InChI is InChI=1S/C17H12Cl3F3N4/c18-9-2-4-12(19)10(6-9)14-7-16(25,27-15(24)26-14)8-1-3-13(20)11(5-8)17(21,22)23/h1-7H,25H2,(H3,24,26,27). The Balaban J connectivity index is 2.15. The second-order valence-corrected chi connectivity index (χ2v) is 7.07. The first-order valence-electron chi connectivity index (χ1n) is 7.46. The van der Waals surface area contributed by atoms with Crippen LogP contribution in [0, 0.1) is 0 Å². The van der Waals surface area contributed by atoms with E-state index in [4.69, 9.17) is 46.3 Å². The van der Waals surface area contributed by atoms with Crippen LogP contribution in [0.1, 0.15) is 16.7 Å². The SMILES string of the molecule is NC1=NC(N)(c2ccc(Cl)c(C(F)(F)F)c2)C=C(c2cc(Cl)ccc2Cl)N1. The van der Waals surface area contributed by atoms with Gasteiger partial charge in [0.25, 0.3) is 0 Å². The fourth-order valence-electron chi connectivity index (χ4n) is 2.64. The Morgan fingerprint density at radius 2 is 1.67 bits per heavy atom. The smallest absolute Gasteiger partial charge is 0.370 e. The molecule has 142 valence electrons. The summed E-state index contributed by atoms with van der Waals surface area (Å²) < 4.78 is 39.6. The molecule has 1 aliphatic rings. The average molecular weight is 436 g/mol. The topological polar surface area (TPSA) is 76.4 Å². The van der Waals surface area contributed by atoms with Crippen LogP contribution in [0.3, 0.4) is 0 Å². The van der Waals surface area contributed by atoms with Gasteiger partial charge in [-0.1, -0.05) is 40.9 Å². The molecule has 1 heterocycles. The first kappa shape index (κ1) is 19.8.